The third-order valence-electron chi connectivity index (χ3n) is 2.32. The van der Waals surface area contributed by atoms with Gasteiger partial charge < -0.3 is 14.2 Å². The second-order valence-electron chi connectivity index (χ2n) is 4.44. The van der Waals surface area contributed by atoms with E-state index in [1.807, 2.05) is 18.2 Å². The van der Waals surface area contributed by atoms with Gasteiger partial charge in [-0.1, -0.05) is 19.9 Å². The van der Waals surface area contributed by atoms with Gasteiger partial charge in [-0.15, -0.1) is 11.6 Å². The summed E-state index contributed by atoms with van der Waals surface area (Å²) in [4.78, 5) is 0. The number of ether oxygens (including phenoxy) is 3. The molecule has 0 aliphatic rings. The Hall–Kier alpha value is -0.930. The Bertz CT molecular complexity index is 353. The van der Waals surface area contributed by atoms with Gasteiger partial charge in [0, 0.05) is 12.5 Å². The van der Waals surface area contributed by atoms with Crippen LogP contribution >= 0.6 is 11.6 Å². The van der Waals surface area contributed by atoms with Gasteiger partial charge in [0.1, 0.15) is 6.61 Å². The first-order valence-electron chi connectivity index (χ1n) is 6.10. The smallest absolute Gasteiger partial charge is 0.161 e. The molecular weight excluding hydrogens is 252 g/mol. The first kappa shape index (κ1) is 15.1. The number of halogens is 1. The van der Waals surface area contributed by atoms with Crippen molar-refractivity contribution in [3.8, 4) is 11.5 Å². The van der Waals surface area contributed by atoms with E-state index in [4.69, 9.17) is 25.8 Å². The number of hydrogen-bond acceptors (Lipinski definition) is 3. The van der Waals surface area contributed by atoms with Crippen LogP contribution in [0.15, 0.2) is 18.2 Å². The van der Waals surface area contributed by atoms with Crippen LogP contribution in [0.25, 0.3) is 0 Å². The van der Waals surface area contributed by atoms with Crippen molar-refractivity contribution in [2.75, 3.05) is 26.9 Å². The quantitative estimate of drug-likeness (QED) is 0.536. The summed E-state index contributed by atoms with van der Waals surface area (Å²) in [5.41, 5.74) is 1.01. The third-order valence-corrected chi connectivity index (χ3v) is 2.63. The van der Waals surface area contributed by atoms with Crippen molar-refractivity contribution >= 4 is 11.6 Å². The highest BCUT2D eigenvalue weighted by Crippen LogP contribution is 2.28. The van der Waals surface area contributed by atoms with Crippen LogP contribution in [0.3, 0.4) is 0 Å². The summed E-state index contributed by atoms with van der Waals surface area (Å²) in [6.07, 6.45) is 0. The number of hydrogen-bond donors (Lipinski definition) is 0. The first-order valence-corrected chi connectivity index (χ1v) is 6.64. The average molecular weight is 273 g/mol. The van der Waals surface area contributed by atoms with E-state index in [0.717, 1.165) is 17.9 Å². The number of rotatable bonds is 8. The summed E-state index contributed by atoms with van der Waals surface area (Å²) in [6, 6.07) is 5.69. The third kappa shape index (κ3) is 5.15. The van der Waals surface area contributed by atoms with E-state index in [1.54, 1.807) is 7.11 Å². The average Bonchev–Trinajstić information content (AvgIpc) is 2.38. The summed E-state index contributed by atoms with van der Waals surface area (Å²) >= 11 is 5.77. The maximum Gasteiger partial charge on any atom is 0.161 e. The molecule has 0 aromatic heterocycles. The molecule has 1 aromatic rings. The first-order chi connectivity index (χ1) is 8.67. The van der Waals surface area contributed by atoms with Crippen molar-refractivity contribution in [2.24, 2.45) is 5.92 Å². The molecule has 0 spiro atoms. The lowest BCUT2D eigenvalue weighted by Crippen LogP contribution is -2.10. The highest BCUT2D eigenvalue weighted by atomic mass is 35.5. The van der Waals surface area contributed by atoms with E-state index in [0.29, 0.717) is 30.8 Å². The Morgan fingerprint density at radius 2 is 1.94 bits per heavy atom. The van der Waals surface area contributed by atoms with Gasteiger partial charge in [-0.2, -0.15) is 0 Å². The van der Waals surface area contributed by atoms with Crippen LogP contribution in [0.5, 0.6) is 11.5 Å². The molecule has 0 bridgehead atoms. The van der Waals surface area contributed by atoms with Crippen LogP contribution in [-0.4, -0.2) is 26.9 Å². The summed E-state index contributed by atoms with van der Waals surface area (Å²) < 4.78 is 16.3. The fourth-order valence-electron chi connectivity index (χ4n) is 1.44. The van der Waals surface area contributed by atoms with E-state index < -0.39 is 0 Å². The van der Waals surface area contributed by atoms with Crippen molar-refractivity contribution in [3.05, 3.63) is 23.8 Å². The molecule has 1 aromatic carbocycles. The fraction of sp³-hybridized carbons (Fsp3) is 0.571. The van der Waals surface area contributed by atoms with Crippen molar-refractivity contribution in [1.82, 2.24) is 0 Å². The van der Waals surface area contributed by atoms with E-state index in [1.165, 1.54) is 0 Å². The zero-order chi connectivity index (χ0) is 13.4. The molecule has 0 N–H and O–H groups in total. The predicted molar refractivity (Wildman–Crippen MR) is 73.7 cm³/mol. The molecule has 0 aliphatic carbocycles. The monoisotopic (exact) mass is 272 g/mol. The zero-order valence-corrected chi connectivity index (χ0v) is 12.0. The SMILES string of the molecule is COc1cc(CCl)ccc1OCCOCC(C)C. The Labute approximate surface area is 114 Å². The summed E-state index contributed by atoms with van der Waals surface area (Å²) in [7, 11) is 1.62. The summed E-state index contributed by atoms with van der Waals surface area (Å²) in [6.45, 7) is 6.09. The molecule has 0 aliphatic heterocycles. The molecule has 0 amide bonds. The molecule has 0 saturated heterocycles. The van der Waals surface area contributed by atoms with Gasteiger partial charge in [0.25, 0.3) is 0 Å². The zero-order valence-electron chi connectivity index (χ0n) is 11.2. The Kier molecular flexibility index (Phi) is 6.91. The minimum absolute atomic E-state index is 0.466. The van der Waals surface area contributed by atoms with Gasteiger partial charge >= 0.3 is 0 Å². The van der Waals surface area contributed by atoms with Gasteiger partial charge in [-0.25, -0.2) is 0 Å². The van der Waals surface area contributed by atoms with Gasteiger partial charge in [-0.05, 0) is 23.6 Å². The number of benzene rings is 1. The van der Waals surface area contributed by atoms with Crippen LogP contribution < -0.4 is 9.47 Å². The van der Waals surface area contributed by atoms with Crippen LogP contribution in [0.2, 0.25) is 0 Å². The predicted octanol–water partition coefficient (Wildman–Crippen LogP) is 3.49. The number of alkyl halides is 1. The Morgan fingerprint density at radius 3 is 2.56 bits per heavy atom. The molecule has 1 rings (SSSR count). The Balaban J connectivity index is 2.41. The number of methoxy groups -OCH3 is 1. The second-order valence-corrected chi connectivity index (χ2v) is 4.70. The Morgan fingerprint density at radius 1 is 1.17 bits per heavy atom. The van der Waals surface area contributed by atoms with Crippen molar-refractivity contribution in [1.29, 1.82) is 0 Å². The van der Waals surface area contributed by atoms with E-state index in [2.05, 4.69) is 13.8 Å². The van der Waals surface area contributed by atoms with Gasteiger partial charge in [0.05, 0.1) is 13.7 Å². The maximum absolute atomic E-state index is 5.77. The summed E-state index contributed by atoms with van der Waals surface area (Å²) in [5, 5.41) is 0. The normalized spacial score (nSPS) is 10.7. The van der Waals surface area contributed by atoms with Crippen LogP contribution in [0, 0.1) is 5.92 Å². The molecule has 0 fully saturated rings. The van der Waals surface area contributed by atoms with Gasteiger partial charge in [0.15, 0.2) is 11.5 Å². The maximum atomic E-state index is 5.77. The van der Waals surface area contributed by atoms with E-state index >= 15 is 0 Å². The molecule has 0 saturated carbocycles. The molecule has 0 unspecified atom stereocenters. The molecule has 0 heterocycles. The van der Waals surface area contributed by atoms with Crippen molar-refractivity contribution in [2.45, 2.75) is 19.7 Å². The highest BCUT2D eigenvalue weighted by molar-refractivity contribution is 6.17. The highest BCUT2D eigenvalue weighted by Gasteiger charge is 2.05. The van der Waals surface area contributed by atoms with E-state index in [9.17, 15) is 0 Å². The lowest BCUT2D eigenvalue weighted by Gasteiger charge is -2.12. The molecule has 102 valence electrons. The molecular formula is C14H21ClO3. The minimum atomic E-state index is 0.466. The lowest BCUT2D eigenvalue weighted by molar-refractivity contribution is 0.0811. The summed E-state index contributed by atoms with van der Waals surface area (Å²) in [5.74, 6) is 2.44. The molecule has 3 nitrogen and oxygen atoms in total. The van der Waals surface area contributed by atoms with Crippen molar-refractivity contribution in [3.63, 3.8) is 0 Å². The molecule has 4 heteroatoms. The van der Waals surface area contributed by atoms with Gasteiger partial charge in [0.2, 0.25) is 0 Å². The van der Waals surface area contributed by atoms with Crippen LogP contribution in [-0.2, 0) is 10.6 Å². The molecule has 18 heavy (non-hydrogen) atoms. The lowest BCUT2D eigenvalue weighted by atomic mass is 10.2. The standard InChI is InChI=1S/C14H21ClO3/c1-11(2)10-17-6-7-18-13-5-4-12(9-15)8-14(13)16-3/h4-5,8,11H,6-7,9-10H2,1-3H3. The van der Waals surface area contributed by atoms with Crippen molar-refractivity contribution < 1.29 is 14.2 Å². The molecule has 0 atom stereocenters. The minimum Gasteiger partial charge on any atom is -0.493 e. The fourth-order valence-corrected chi connectivity index (χ4v) is 1.61. The van der Waals surface area contributed by atoms with E-state index in [-0.39, 0.29) is 0 Å². The van der Waals surface area contributed by atoms with Crippen LogP contribution in [0.4, 0.5) is 0 Å². The van der Waals surface area contributed by atoms with Gasteiger partial charge in [-0.3, -0.25) is 0 Å². The largest absolute Gasteiger partial charge is 0.493 e. The topological polar surface area (TPSA) is 27.7 Å². The molecule has 0 radical (unpaired) electrons. The second kappa shape index (κ2) is 8.22. The van der Waals surface area contributed by atoms with Crippen LogP contribution in [0.1, 0.15) is 19.4 Å².